The van der Waals surface area contributed by atoms with Crippen LogP contribution in [0.2, 0.25) is 0 Å². The van der Waals surface area contributed by atoms with E-state index in [1.807, 2.05) is 6.92 Å². The van der Waals surface area contributed by atoms with Gasteiger partial charge in [0.2, 0.25) is 5.89 Å². The molecule has 136 valence electrons. The van der Waals surface area contributed by atoms with Gasteiger partial charge in [-0.1, -0.05) is 11.6 Å². The highest BCUT2D eigenvalue weighted by molar-refractivity contribution is 5.54. The highest BCUT2D eigenvalue weighted by atomic mass is 19.1. The van der Waals surface area contributed by atoms with Crippen LogP contribution in [0, 0.1) is 12.7 Å². The molecule has 1 N–H and O–H groups in total. The summed E-state index contributed by atoms with van der Waals surface area (Å²) in [6.07, 6.45) is 0. The first-order chi connectivity index (χ1) is 12.1. The fourth-order valence-electron chi connectivity index (χ4n) is 2.36. The van der Waals surface area contributed by atoms with E-state index in [4.69, 9.17) is 4.42 Å². The van der Waals surface area contributed by atoms with Crippen molar-refractivity contribution in [3.8, 4) is 11.5 Å². The number of rotatable bonds is 5. The van der Waals surface area contributed by atoms with Gasteiger partial charge in [0, 0.05) is 26.2 Å². The number of carbonyl (C=O) groups is 1. The molecule has 0 unspecified atom stereocenters. The quantitative estimate of drug-likeness (QED) is 0.823. The Kier molecular flexibility index (Phi) is 7.49. The summed E-state index contributed by atoms with van der Waals surface area (Å²) in [5.74, 6) is 0.437. The minimum absolute atomic E-state index is 0.247. The van der Waals surface area contributed by atoms with Crippen molar-refractivity contribution in [1.82, 2.24) is 20.4 Å². The molecule has 2 aromatic rings. The third-order valence-corrected chi connectivity index (χ3v) is 3.62. The van der Waals surface area contributed by atoms with E-state index in [2.05, 4.69) is 25.2 Å². The number of aromatic nitrogens is 2. The monoisotopic (exact) mass is 350 g/mol. The molecule has 0 bridgehead atoms. The van der Waals surface area contributed by atoms with Gasteiger partial charge in [0.1, 0.15) is 5.82 Å². The molecule has 1 fully saturated rings. The van der Waals surface area contributed by atoms with Crippen molar-refractivity contribution in [2.24, 2.45) is 0 Å². The normalized spacial score (nSPS) is 14.5. The molecule has 1 aliphatic heterocycles. The average Bonchev–Trinajstić information content (AvgIpc) is 3.07. The van der Waals surface area contributed by atoms with Crippen molar-refractivity contribution in [1.29, 1.82) is 0 Å². The number of hydrogen-bond donors (Lipinski definition) is 1. The zero-order valence-electron chi connectivity index (χ0n) is 14.5. The van der Waals surface area contributed by atoms with E-state index in [1.54, 1.807) is 19.1 Å². The zero-order valence-corrected chi connectivity index (χ0v) is 14.5. The van der Waals surface area contributed by atoms with Crippen LogP contribution in [0.3, 0.4) is 0 Å². The van der Waals surface area contributed by atoms with Crippen LogP contribution < -0.4 is 5.32 Å². The van der Waals surface area contributed by atoms with Gasteiger partial charge in [-0.05, 0) is 26.0 Å². The Bertz CT molecular complexity index is 672. The molecular weight excluding hydrogens is 327 g/mol. The van der Waals surface area contributed by atoms with E-state index in [0.29, 0.717) is 31.1 Å². The van der Waals surface area contributed by atoms with Gasteiger partial charge in [-0.25, -0.2) is 4.39 Å². The Hall–Kier alpha value is -2.32. The minimum Gasteiger partial charge on any atom is -0.468 e. The molecule has 2 heterocycles. The van der Waals surface area contributed by atoms with Crippen LogP contribution in [0.25, 0.3) is 11.5 Å². The van der Waals surface area contributed by atoms with Crippen molar-refractivity contribution in [3.63, 3.8) is 0 Å². The molecule has 0 atom stereocenters. The third-order valence-electron chi connectivity index (χ3n) is 3.62. The lowest BCUT2D eigenvalue weighted by Gasteiger charge is -2.25. The maximum absolute atomic E-state index is 13.8. The molecule has 1 aromatic heterocycles. The second kappa shape index (κ2) is 9.85. The number of benzene rings is 1. The van der Waals surface area contributed by atoms with Crippen molar-refractivity contribution in [2.75, 3.05) is 32.8 Å². The minimum atomic E-state index is -0.340. The number of halogens is 1. The lowest BCUT2D eigenvalue weighted by Crippen LogP contribution is -2.42. The number of aryl methyl sites for hydroxylation is 1. The Balaban J connectivity index is 0.000000399. The second-order valence-electron chi connectivity index (χ2n) is 5.56. The van der Waals surface area contributed by atoms with Crippen LogP contribution in [0.4, 0.5) is 4.39 Å². The average molecular weight is 350 g/mol. The van der Waals surface area contributed by atoms with Gasteiger partial charge in [-0.15, -0.1) is 10.2 Å². The first-order valence-electron chi connectivity index (χ1n) is 8.21. The number of hydrogen-bond acceptors (Lipinski definition) is 7. The number of ether oxygens (including phenoxy) is 1. The zero-order chi connectivity index (χ0) is 18.1. The molecule has 0 spiro atoms. The first-order valence-corrected chi connectivity index (χ1v) is 8.21. The van der Waals surface area contributed by atoms with Gasteiger partial charge >= 0.3 is 0 Å². The van der Waals surface area contributed by atoms with Crippen molar-refractivity contribution in [3.05, 3.63) is 35.5 Å². The SMILES string of the molecule is CCOC=O.Cc1ccc(F)c(-c2nnc(CN3CCNCC3)o2)c1. The van der Waals surface area contributed by atoms with Crippen LogP contribution in [-0.2, 0) is 16.1 Å². The molecule has 7 nitrogen and oxygen atoms in total. The van der Waals surface area contributed by atoms with Gasteiger partial charge < -0.3 is 14.5 Å². The van der Waals surface area contributed by atoms with Crippen LogP contribution in [0.15, 0.2) is 22.6 Å². The van der Waals surface area contributed by atoms with Gasteiger partial charge in [0.25, 0.3) is 12.4 Å². The van der Waals surface area contributed by atoms with Crippen molar-refractivity contribution in [2.45, 2.75) is 20.4 Å². The van der Waals surface area contributed by atoms with E-state index < -0.39 is 0 Å². The molecule has 1 saturated heterocycles. The summed E-state index contributed by atoms with van der Waals surface area (Å²) in [6.45, 7) is 9.02. The summed E-state index contributed by atoms with van der Waals surface area (Å²) in [5, 5.41) is 11.3. The lowest BCUT2D eigenvalue weighted by molar-refractivity contribution is -0.128. The Morgan fingerprint density at radius 1 is 1.36 bits per heavy atom. The molecule has 1 aromatic carbocycles. The molecule has 0 amide bonds. The van der Waals surface area contributed by atoms with Crippen molar-refractivity contribution < 1.29 is 18.3 Å². The van der Waals surface area contributed by atoms with E-state index >= 15 is 0 Å². The third kappa shape index (κ3) is 5.91. The van der Waals surface area contributed by atoms with E-state index in [0.717, 1.165) is 31.7 Å². The van der Waals surface area contributed by atoms with Gasteiger partial charge in [-0.3, -0.25) is 9.69 Å². The molecule has 25 heavy (non-hydrogen) atoms. The number of carbonyl (C=O) groups excluding carboxylic acids is 1. The smallest absolute Gasteiger partial charge is 0.293 e. The molecule has 3 rings (SSSR count). The summed E-state index contributed by atoms with van der Waals surface area (Å²) in [7, 11) is 0. The summed E-state index contributed by atoms with van der Waals surface area (Å²) in [4.78, 5) is 11.4. The Morgan fingerprint density at radius 2 is 2.12 bits per heavy atom. The summed E-state index contributed by atoms with van der Waals surface area (Å²) in [6, 6.07) is 4.86. The highest BCUT2D eigenvalue weighted by Gasteiger charge is 2.16. The Labute approximate surface area is 146 Å². The van der Waals surface area contributed by atoms with Crippen LogP contribution in [0.5, 0.6) is 0 Å². The van der Waals surface area contributed by atoms with Crippen LogP contribution in [-0.4, -0.2) is 54.4 Å². The number of nitrogens with zero attached hydrogens (tertiary/aromatic N) is 3. The van der Waals surface area contributed by atoms with E-state index in [1.165, 1.54) is 6.07 Å². The van der Waals surface area contributed by atoms with Crippen molar-refractivity contribution >= 4 is 6.47 Å². The molecule has 0 aliphatic carbocycles. The number of nitrogens with one attached hydrogen (secondary N) is 1. The Morgan fingerprint density at radius 3 is 2.76 bits per heavy atom. The van der Waals surface area contributed by atoms with Gasteiger partial charge in [0.05, 0.1) is 18.7 Å². The summed E-state index contributed by atoms with van der Waals surface area (Å²) >= 11 is 0. The predicted molar refractivity (Wildman–Crippen MR) is 90.3 cm³/mol. The van der Waals surface area contributed by atoms with Gasteiger partial charge in [-0.2, -0.15) is 0 Å². The topological polar surface area (TPSA) is 80.5 Å². The molecule has 1 aliphatic rings. The predicted octanol–water partition coefficient (Wildman–Crippen LogP) is 1.77. The highest BCUT2D eigenvalue weighted by Crippen LogP contribution is 2.23. The molecule has 0 radical (unpaired) electrons. The van der Waals surface area contributed by atoms with Crippen LogP contribution in [0.1, 0.15) is 18.4 Å². The second-order valence-corrected chi connectivity index (χ2v) is 5.56. The maximum atomic E-state index is 13.8. The summed E-state index contributed by atoms with van der Waals surface area (Å²) < 4.78 is 23.5. The van der Waals surface area contributed by atoms with E-state index in [-0.39, 0.29) is 11.7 Å². The summed E-state index contributed by atoms with van der Waals surface area (Å²) in [5.41, 5.74) is 1.33. The first kappa shape index (κ1) is 19.0. The van der Waals surface area contributed by atoms with E-state index in [9.17, 15) is 9.18 Å². The fourth-order valence-corrected chi connectivity index (χ4v) is 2.36. The lowest BCUT2D eigenvalue weighted by atomic mass is 10.1. The molecule has 8 heteroatoms. The number of piperazine rings is 1. The molecule has 0 saturated carbocycles. The fraction of sp³-hybridized carbons (Fsp3) is 0.471. The van der Waals surface area contributed by atoms with Gasteiger partial charge in [0.15, 0.2) is 0 Å². The molecular formula is C17H23FN4O3. The maximum Gasteiger partial charge on any atom is 0.293 e. The standard InChI is InChI=1S/C14H17FN4O.C3H6O2/c1-10-2-3-12(15)11(8-10)14-18-17-13(20-14)9-19-6-4-16-5-7-19;1-2-5-3-4/h2-3,8,16H,4-7,9H2,1H3;3H,2H2,1H3. The largest absolute Gasteiger partial charge is 0.468 e. The van der Waals surface area contributed by atoms with Crippen LogP contribution >= 0.6 is 0 Å².